The first kappa shape index (κ1) is 14.6. The summed E-state index contributed by atoms with van der Waals surface area (Å²) >= 11 is 0. The molecule has 20 heavy (non-hydrogen) atoms. The summed E-state index contributed by atoms with van der Waals surface area (Å²) in [6.45, 7) is 4.21. The van der Waals surface area contributed by atoms with Crippen LogP contribution < -0.4 is 11.1 Å². The number of benzene rings is 1. The van der Waals surface area contributed by atoms with Crippen molar-refractivity contribution in [3.05, 3.63) is 41.7 Å². The van der Waals surface area contributed by atoms with E-state index in [2.05, 4.69) is 25.2 Å². The monoisotopic (exact) mass is 276 g/mol. The largest absolute Gasteiger partial charge is 0.373 e. The van der Waals surface area contributed by atoms with E-state index >= 15 is 0 Å². The fraction of sp³-hybridized carbons (Fsp3) is 0.438. The number of nitrogens with one attached hydrogen (secondary N) is 1. The minimum Gasteiger partial charge on any atom is -0.373 e. The van der Waals surface area contributed by atoms with Crippen molar-refractivity contribution < 1.29 is 9.18 Å². The van der Waals surface area contributed by atoms with Crippen molar-refractivity contribution in [2.45, 2.75) is 32.7 Å². The van der Waals surface area contributed by atoms with Gasteiger partial charge < -0.3 is 11.1 Å². The van der Waals surface area contributed by atoms with E-state index < -0.39 is 6.04 Å². The van der Waals surface area contributed by atoms with E-state index in [1.807, 2.05) is 0 Å². The van der Waals surface area contributed by atoms with Gasteiger partial charge in [-0.2, -0.15) is 0 Å². The highest BCUT2D eigenvalue weighted by Gasteiger charge is 2.30. The van der Waals surface area contributed by atoms with Crippen molar-refractivity contribution in [2.24, 2.45) is 17.6 Å². The smallest absolute Gasteiger partial charge is 0.240 e. The minimum absolute atomic E-state index is 0.149. The average molecular weight is 276 g/mol. The summed E-state index contributed by atoms with van der Waals surface area (Å²) in [6.07, 6.45) is 3.99. The van der Waals surface area contributed by atoms with Crippen LogP contribution in [0.1, 0.15) is 26.7 Å². The molecule has 0 heterocycles. The summed E-state index contributed by atoms with van der Waals surface area (Å²) in [5, 5.41) is 3.09. The molecule has 0 saturated carbocycles. The van der Waals surface area contributed by atoms with Crippen LogP contribution in [-0.2, 0) is 4.79 Å². The molecule has 0 aromatic heterocycles. The number of halogens is 1. The Bertz CT molecular complexity index is 527. The van der Waals surface area contributed by atoms with Gasteiger partial charge in [0.15, 0.2) is 0 Å². The van der Waals surface area contributed by atoms with Gasteiger partial charge in [0.2, 0.25) is 5.91 Å². The molecule has 0 fully saturated rings. The third-order valence-electron chi connectivity index (χ3n) is 3.75. The summed E-state index contributed by atoms with van der Waals surface area (Å²) in [5.41, 5.74) is 7.40. The number of carbonyl (C=O) groups excluding carboxylic acids is 1. The number of hydrogen-bond donors (Lipinski definition) is 2. The van der Waals surface area contributed by atoms with Gasteiger partial charge in [-0.15, -0.1) is 0 Å². The number of hydrogen-bond acceptors (Lipinski definition) is 2. The molecule has 3 atom stereocenters. The zero-order valence-electron chi connectivity index (χ0n) is 11.9. The Balaban J connectivity index is 2.16. The van der Waals surface area contributed by atoms with Gasteiger partial charge >= 0.3 is 0 Å². The molecule has 1 aromatic rings. The number of rotatable bonds is 4. The predicted octanol–water partition coefficient (Wildman–Crippen LogP) is 3.08. The second-order valence-corrected chi connectivity index (χ2v) is 5.72. The SMILES string of the molecule is CC1=CC(C)CC(C(Nc2cccc(F)c2)C(N)=O)C1. The van der Waals surface area contributed by atoms with Crippen LogP contribution in [0.5, 0.6) is 0 Å². The Labute approximate surface area is 119 Å². The number of allylic oxidation sites excluding steroid dienone is 2. The topological polar surface area (TPSA) is 55.1 Å². The molecule has 4 heteroatoms. The van der Waals surface area contributed by atoms with E-state index in [4.69, 9.17) is 5.73 Å². The average Bonchev–Trinajstić information content (AvgIpc) is 2.34. The van der Waals surface area contributed by atoms with Crippen LogP contribution in [0.4, 0.5) is 10.1 Å². The van der Waals surface area contributed by atoms with E-state index in [-0.39, 0.29) is 17.6 Å². The summed E-state index contributed by atoms with van der Waals surface area (Å²) in [7, 11) is 0. The molecule has 0 saturated heterocycles. The van der Waals surface area contributed by atoms with E-state index in [1.54, 1.807) is 12.1 Å². The van der Waals surface area contributed by atoms with Crippen LogP contribution in [0.15, 0.2) is 35.9 Å². The van der Waals surface area contributed by atoms with Crippen molar-refractivity contribution in [1.29, 1.82) is 0 Å². The molecule has 0 bridgehead atoms. The lowest BCUT2D eigenvalue weighted by atomic mass is 9.79. The number of primary amides is 1. The zero-order chi connectivity index (χ0) is 14.7. The first-order valence-electron chi connectivity index (χ1n) is 6.94. The van der Waals surface area contributed by atoms with Gasteiger partial charge in [0, 0.05) is 5.69 Å². The lowest BCUT2D eigenvalue weighted by Crippen LogP contribution is -2.43. The first-order chi connectivity index (χ1) is 9.45. The second kappa shape index (κ2) is 6.07. The Morgan fingerprint density at radius 3 is 2.85 bits per heavy atom. The Morgan fingerprint density at radius 1 is 1.50 bits per heavy atom. The molecule has 3 unspecified atom stereocenters. The number of carbonyl (C=O) groups is 1. The summed E-state index contributed by atoms with van der Waals surface area (Å²) < 4.78 is 13.2. The standard InChI is InChI=1S/C16H21FN2O/c1-10-6-11(2)8-12(7-10)15(16(18)20)19-14-5-3-4-13(17)9-14/h3-6,9-10,12,15,19H,7-8H2,1-2H3,(H2,18,20). The molecule has 3 nitrogen and oxygen atoms in total. The summed E-state index contributed by atoms with van der Waals surface area (Å²) in [6, 6.07) is 5.64. The molecule has 3 N–H and O–H groups in total. The van der Waals surface area contributed by atoms with Crippen LogP contribution in [0, 0.1) is 17.7 Å². The molecule has 0 radical (unpaired) electrons. The van der Waals surface area contributed by atoms with Crippen LogP contribution in [0.25, 0.3) is 0 Å². The Kier molecular flexibility index (Phi) is 4.42. The summed E-state index contributed by atoms with van der Waals surface area (Å²) in [4.78, 5) is 11.7. The lowest BCUT2D eigenvalue weighted by Gasteiger charge is -2.31. The predicted molar refractivity (Wildman–Crippen MR) is 78.7 cm³/mol. The van der Waals surface area contributed by atoms with Gasteiger partial charge in [-0.05, 0) is 49.8 Å². The highest BCUT2D eigenvalue weighted by molar-refractivity contribution is 5.83. The van der Waals surface area contributed by atoms with Gasteiger partial charge in [-0.1, -0.05) is 24.6 Å². The van der Waals surface area contributed by atoms with Gasteiger partial charge in [-0.3, -0.25) is 4.79 Å². The maximum absolute atomic E-state index is 13.2. The van der Waals surface area contributed by atoms with Gasteiger partial charge in [0.1, 0.15) is 11.9 Å². The molecule has 1 amide bonds. The van der Waals surface area contributed by atoms with Crippen LogP contribution >= 0.6 is 0 Å². The highest BCUT2D eigenvalue weighted by Crippen LogP contribution is 2.31. The van der Waals surface area contributed by atoms with Crippen molar-refractivity contribution in [3.63, 3.8) is 0 Å². The van der Waals surface area contributed by atoms with Crippen molar-refractivity contribution >= 4 is 11.6 Å². The molecule has 108 valence electrons. The van der Waals surface area contributed by atoms with Gasteiger partial charge in [0.05, 0.1) is 0 Å². The number of amides is 1. The molecular formula is C16H21FN2O. The van der Waals surface area contributed by atoms with E-state index in [0.717, 1.165) is 12.8 Å². The Hall–Kier alpha value is -1.84. The van der Waals surface area contributed by atoms with E-state index in [0.29, 0.717) is 11.6 Å². The van der Waals surface area contributed by atoms with Gasteiger partial charge in [0.25, 0.3) is 0 Å². The fourth-order valence-corrected chi connectivity index (χ4v) is 3.03. The van der Waals surface area contributed by atoms with Crippen LogP contribution in [0.3, 0.4) is 0 Å². The molecule has 0 spiro atoms. The van der Waals surface area contributed by atoms with Crippen molar-refractivity contribution in [2.75, 3.05) is 5.32 Å². The third kappa shape index (κ3) is 3.59. The second-order valence-electron chi connectivity index (χ2n) is 5.72. The normalized spacial score (nSPS) is 23.9. The minimum atomic E-state index is -0.470. The highest BCUT2D eigenvalue weighted by atomic mass is 19.1. The van der Waals surface area contributed by atoms with Gasteiger partial charge in [-0.25, -0.2) is 4.39 Å². The molecule has 1 aromatic carbocycles. The Morgan fingerprint density at radius 2 is 2.25 bits per heavy atom. The zero-order valence-corrected chi connectivity index (χ0v) is 11.9. The maximum Gasteiger partial charge on any atom is 0.240 e. The van der Waals surface area contributed by atoms with E-state index in [9.17, 15) is 9.18 Å². The van der Waals surface area contributed by atoms with Crippen LogP contribution in [-0.4, -0.2) is 11.9 Å². The number of nitrogens with two attached hydrogens (primary N) is 1. The molecule has 1 aliphatic carbocycles. The molecule has 2 rings (SSSR count). The summed E-state index contributed by atoms with van der Waals surface area (Å²) in [5.74, 6) is -0.131. The molecule has 0 aliphatic heterocycles. The molecular weight excluding hydrogens is 255 g/mol. The van der Waals surface area contributed by atoms with E-state index in [1.165, 1.54) is 17.7 Å². The van der Waals surface area contributed by atoms with Crippen LogP contribution in [0.2, 0.25) is 0 Å². The number of anilines is 1. The lowest BCUT2D eigenvalue weighted by molar-refractivity contribution is -0.119. The third-order valence-corrected chi connectivity index (χ3v) is 3.75. The van der Waals surface area contributed by atoms with Crippen molar-refractivity contribution in [1.82, 2.24) is 0 Å². The maximum atomic E-state index is 13.2. The quantitative estimate of drug-likeness (QED) is 0.830. The fourth-order valence-electron chi connectivity index (χ4n) is 3.03. The first-order valence-corrected chi connectivity index (χ1v) is 6.94. The molecule has 1 aliphatic rings. The van der Waals surface area contributed by atoms with Crippen molar-refractivity contribution in [3.8, 4) is 0 Å².